The molecule has 1 aromatic rings. The summed E-state index contributed by atoms with van der Waals surface area (Å²) in [6, 6.07) is 5.21. The van der Waals surface area contributed by atoms with Gasteiger partial charge >= 0.3 is 6.16 Å². The van der Waals surface area contributed by atoms with Crippen molar-refractivity contribution in [1.29, 1.82) is 0 Å². The lowest BCUT2D eigenvalue weighted by atomic mass is 10.1. The number of halogens is 1. The second-order valence-corrected chi connectivity index (χ2v) is 3.79. The molecule has 0 saturated carbocycles. The molecule has 0 unspecified atom stereocenters. The smallest absolute Gasteiger partial charge is 0.431 e. The van der Waals surface area contributed by atoms with E-state index in [9.17, 15) is 9.18 Å². The van der Waals surface area contributed by atoms with Crippen LogP contribution >= 0.6 is 0 Å². The topological polar surface area (TPSA) is 49.6 Å². The molecule has 2 rings (SSSR count). The van der Waals surface area contributed by atoms with Gasteiger partial charge in [-0.05, 0) is 37.1 Å². The van der Waals surface area contributed by atoms with Crippen molar-refractivity contribution < 1.29 is 18.7 Å². The van der Waals surface area contributed by atoms with Gasteiger partial charge in [-0.15, -0.1) is 0 Å². The van der Waals surface area contributed by atoms with E-state index in [0.29, 0.717) is 13.1 Å². The maximum absolute atomic E-state index is 12.6. The molecule has 1 saturated heterocycles. The van der Waals surface area contributed by atoms with Crippen LogP contribution in [0.25, 0.3) is 0 Å². The molecule has 0 spiro atoms. The van der Waals surface area contributed by atoms with E-state index >= 15 is 0 Å². The van der Waals surface area contributed by atoms with E-state index in [1.165, 1.54) is 24.3 Å². The van der Waals surface area contributed by atoms with Gasteiger partial charge in [0, 0.05) is 13.1 Å². The van der Waals surface area contributed by atoms with E-state index in [2.05, 4.69) is 5.32 Å². The van der Waals surface area contributed by atoms with Crippen molar-refractivity contribution in [1.82, 2.24) is 5.32 Å². The van der Waals surface area contributed by atoms with E-state index in [1.54, 1.807) is 0 Å². The minimum Gasteiger partial charge on any atom is -0.431 e. The van der Waals surface area contributed by atoms with Crippen molar-refractivity contribution in [3.8, 4) is 5.75 Å². The van der Waals surface area contributed by atoms with E-state index in [-0.39, 0.29) is 17.7 Å². The van der Waals surface area contributed by atoms with Crippen molar-refractivity contribution in [3.05, 3.63) is 30.1 Å². The molecule has 1 aliphatic heterocycles. The van der Waals surface area contributed by atoms with E-state index in [1.807, 2.05) is 0 Å². The Balaban J connectivity index is 1.82. The van der Waals surface area contributed by atoms with Crippen molar-refractivity contribution in [3.63, 3.8) is 0 Å². The molecule has 17 heavy (non-hydrogen) atoms. The fourth-order valence-corrected chi connectivity index (χ4v) is 1.60. The van der Waals surface area contributed by atoms with Gasteiger partial charge in [-0.1, -0.05) is 0 Å². The molecule has 0 amide bonds. The highest BCUT2D eigenvalue weighted by atomic mass is 19.1. The van der Waals surface area contributed by atoms with E-state index < -0.39 is 6.16 Å². The third-order valence-electron chi connectivity index (χ3n) is 2.50. The molecule has 1 aliphatic rings. The van der Waals surface area contributed by atoms with Gasteiger partial charge in [0.15, 0.2) is 0 Å². The normalized spacial score (nSPS) is 16.5. The van der Waals surface area contributed by atoms with Gasteiger partial charge in [-0.2, -0.15) is 0 Å². The Hall–Kier alpha value is -1.62. The summed E-state index contributed by atoms with van der Waals surface area (Å²) in [5, 5.41) is 4.15. The summed E-state index contributed by atoms with van der Waals surface area (Å²) >= 11 is 0. The number of carbonyl (C=O) groups is 1. The van der Waals surface area contributed by atoms with Crippen LogP contribution in [-0.4, -0.2) is 25.3 Å². The molecule has 1 aromatic carbocycles. The van der Waals surface area contributed by atoms with Gasteiger partial charge in [0.2, 0.25) is 0 Å². The molecule has 91 valence electrons. The van der Waals surface area contributed by atoms with Crippen LogP contribution in [0.4, 0.5) is 9.18 Å². The molecule has 0 bridgehead atoms. The second-order valence-electron chi connectivity index (χ2n) is 3.79. The highest BCUT2D eigenvalue weighted by Crippen LogP contribution is 2.14. The van der Waals surface area contributed by atoms with Crippen LogP contribution in [0.5, 0.6) is 5.75 Å². The predicted octanol–water partition coefficient (Wildman–Crippen LogP) is 2.11. The van der Waals surface area contributed by atoms with Crippen LogP contribution in [0.3, 0.4) is 0 Å². The summed E-state index contributed by atoms with van der Waals surface area (Å²) in [5.41, 5.74) is 0. The maximum atomic E-state index is 12.6. The van der Waals surface area contributed by atoms with Crippen LogP contribution in [-0.2, 0) is 4.74 Å². The number of hydrogen-bond donors (Lipinski definition) is 0. The Morgan fingerprint density at radius 2 is 1.88 bits per heavy atom. The summed E-state index contributed by atoms with van der Waals surface area (Å²) in [6.45, 7) is 1.43. The van der Waals surface area contributed by atoms with Gasteiger partial charge in [0.1, 0.15) is 17.7 Å². The lowest BCUT2D eigenvalue weighted by molar-refractivity contribution is 0.0444. The molecule has 0 aliphatic carbocycles. The number of benzene rings is 1. The standard InChI is InChI=1S/C12H13FNO3/c13-9-1-3-10(4-2-9)16-12(15)17-11-5-7-14-8-6-11/h1-4,11H,5-8H2. The van der Waals surface area contributed by atoms with E-state index in [0.717, 1.165) is 12.8 Å². The first-order chi connectivity index (χ1) is 8.24. The highest BCUT2D eigenvalue weighted by molar-refractivity contribution is 5.63. The van der Waals surface area contributed by atoms with Crippen molar-refractivity contribution in [2.45, 2.75) is 18.9 Å². The zero-order valence-corrected chi connectivity index (χ0v) is 9.27. The summed E-state index contributed by atoms with van der Waals surface area (Å²) in [7, 11) is 0. The average Bonchev–Trinajstić information content (AvgIpc) is 2.33. The molecule has 5 heteroatoms. The van der Waals surface area contributed by atoms with Gasteiger partial charge < -0.3 is 9.47 Å². The first kappa shape index (κ1) is 11.9. The van der Waals surface area contributed by atoms with Crippen LogP contribution in [0.2, 0.25) is 0 Å². The van der Waals surface area contributed by atoms with Crippen LogP contribution in [0.15, 0.2) is 24.3 Å². The minimum atomic E-state index is -0.747. The number of rotatable bonds is 2. The third-order valence-corrected chi connectivity index (χ3v) is 2.50. The molecule has 1 fully saturated rings. The second kappa shape index (κ2) is 5.63. The monoisotopic (exact) mass is 238 g/mol. The fraction of sp³-hybridized carbons (Fsp3) is 0.417. The fourth-order valence-electron chi connectivity index (χ4n) is 1.60. The summed E-state index contributed by atoms with van der Waals surface area (Å²) < 4.78 is 22.6. The lowest BCUT2D eigenvalue weighted by Gasteiger charge is -2.21. The molecule has 1 heterocycles. The maximum Gasteiger partial charge on any atom is 0.514 e. The van der Waals surface area contributed by atoms with Crippen molar-refractivity contribution in [2.24, 2.45) is 0 Å². The molecule has 0 aromatic heterocycles. The quantitative estimate of drug-likeness (QED) is 0.585. The molecule has 4 nitrogen and oxygen atoms in total. The SMILES string of the molecule is O=C(Oc1ccc(F)cc1)OC1CC[N]CC1. The van der Waals surface area contributed by atoms with Crippen LogP contribution in [0, 0.1) is 5.82 Å². The Bertz CT molecular complexity index is 374. The number of hydrogen-bond acceptors (Lipinski definition) is 3. The molecule has 1 radical (unpaired) electrons. The Kier molecular flexibility index (Phi) is 3.93. The number of carbonyl (C=O) groups excluding carboxylic acids is 1. The van der Waals surface area contributed by atoms with E-state index in [4.69, 9.17) is 9.47 Å². The van der Waals surface area contributed by atoms with Crippen LogP contribution in [0.1, 0.15) is 12.8 Å². The average molecular weight is 238 g/mol. The Morgan fingerprint density at radius 1 is 1.24 bits per heavy atom. The summed E-state index contributed by atoms with van der Waals surface area (Å²) in [4.78, 5) is 11.4. The molecular weight excluding hydrogens is 225 g/mol. The third kappa shape index (κ3) is 3.71. The molecular formula is C12H13FNO3. The van der Waals surface area contributed by atoms with Gasteiger partial charge in [0.25, 0.3) is 0 Å². The zero-order chi connectivity index (χ0) is 12.1. The van der Waals surface area contributed by atoms with Gasteiger partial charge in [-0.3, -0.25) is 0 Å². The molecule has 0 N–H and O–H groups in total. The Morgan fingerprint density at radius 3 is 2.53 bits per heavy atom. The number of nitrogens with zero attached hydrogens (tertiary/aromatic N) is 1. The largest absolute Gasteiger partial charge is 0.514 e. The zero-order valence-electron chi connectivity index (χ0n) is 9.27. The predicted molar refractivity (Wildman–Crippen MR) is 58.4 cm³/mol. The van der Waals surface area contributed by atoms with Crippen LogP contribution < -0.4 is 10.1 Å². The minimum absolute atomic E-state index is 0.125. The van der Waals surface area contributed by atoms with Gasteiger partial charge in [-0.25, -0.2) is 14.5 Å². The highest BCUT2D eigenvalue weighted by Gasteiger charge is 2.19. The first-order valence-corrected chi connectivity index (χ1v) is 5.51. The summed E-state index contributed by atoms with van der Waals surface area (Å²) in [6.07, 6.45) is 0.598. The van der Waals surface area contributed by atoms with Crippen molar-refractivity contribution in [2.75, 3.05) is 13.1 Å². The summed E-state index contributed by atoms with van der Waals surface area (Å²) in [5.74, 6) is -0.100. The first-order valence-electron chi connectivity index (χ1n) is 5.51. The van der Waals surface area contributed by atoms with Crippen molar-refractivity contribution >= 4 is 6.16 Å². The Labute approximate surface area is 98.7 Å². The number of ether oxygens (including phenoxy) is 2. The molecule has 0 atom stereocenters. The van der Waals surface area contributed by atoms with Gasteiger partial charge in [0.05, 0.1) is 0 Å². The lowest BCUT2D eigenvalue weighted by Crippen LogP contribution is -2.31. The number of piperidine rings is 1.